The van der Waals surface area contributed by atoms with Gasteiger partial charge in [0.1, 0.15) is 0 Å². The summed E-state index contributed by atoms with van der Waals surface area (Å²) >= 11 is 5.87. The van der Waals surface area contributed by atoms with Crippen molar-refractivity contribution in [1.82, 2.24) is 0 Å². The van der Waals surface area contributed by atoms with Crippen LogP contribution < -0.4 is 0 Å². The molecular formula is C17H16ClN. The van der Waals surface area contributed by atoms with Crippen LogP contribution in [-0.4, -0.2) is 6.21 Å². The number of allylic oxidation sites excluding steroid dienone is 1. The van der Waals surface area contributed by atoms with Gasteiger partial charge in [0.15, 0.2) is 0 Å². The molecule has 0 amide bonds. The van der Waals surface area contributed by atoms with E-state index in [-0.39, 0.29) is 0 Å². The highest BCUT2D eigenvalue weighted by molar-refractivity contribution is 6.30. The van der Waals surface area contributed by atoms with Gasteiger partial charge in [0.25, 0.3) is 0 Å². The average molecular weight is 270 g/mol. The molecule has 0 unspecified atom stereocenters. The van der Waals surface area contributed by atoms with Crippen LogP contribution in [0, 0.1) is 0 Å². The molecule has 0 heterocycles. The second kappa shape index (κ2) is 6.35. The van der Waals surface area contributed by atoms with Crippen molar-refractivity contribution in [2.45, 2.75) is 13.8 Å². The fraction of sp³-hybridized carbons (Fsp3) is 0.118. The topological polar surface area (TPSA) is 12.4 Å². The normalized spacial score (nSPS) is 10.7. The van der Waals surface area contributed by atoms with Crippen LogP contribution in [0.25, 0.3) is 5.70 Å². The molecule has 0 N–H and O–H groups in total. The van der Waals surface area contributed by atoms with E-state index >= 15 is 0 Å². The summed E-state index contributed by atoms with van der Waals surface area (Å²) in [5.74, 6) is 0. The number of nitrogens with zero attached hydrogens (tertiary/aromatic N) is 1. The van der Waals surface area contributed by atoms with Crippen molar-refractivity contribution in [2.75, 3.05) is 0 Å². The van der Waals surface area contributed by atoms with Crippen molar-refractivity contribution in [3.8, 4) is 0 Å². The third kappa shape index (κ3) is 3.80. The Labute approximate surface area is 119 Å². The molecule has 2 aromatic carbocycles. The van der Waals surface area contributed by atoms with E-state index in [9.17, 15) is 0 Å². The highest BCUT2D eigenvalue weighted by Gasteiger charge is 2.00. The monoisotopic (exact) mass is 269 g/mol. The molecule has 0 saturated carbocycles. The summed E-state index contributed by atoms with van der Waals surface area (Å²) in [6, 6.07) is 17.9. The van der Waals surface area contributed by atoms with Crippen molar-refractivity contribution < 1.29 is 0 Å². The van der Waals surface area contributed by atoms with Crippen LogP contribution >= 0.6 is 11.6 Å². The predicted molar refractivity (Wildman–Crippen MR) is 83.8 cm³/mol. The summed E-state index contributed by atoms with van der Waals surface area (Å²) in [6.07, 6.45) is 1.87. The van der Waals surface area contributed by atoms with Gasteiger partial charge in [0.05, 0.1) is 5.70 Å². The Balaban J connectivity index is 2.29. The number of rotatable bonds is 3. The number of hydrogen-bond donors (Lipinski definition) is 0. The third-order valence-corrected chi connectivity index (χ3v) is 2.99. The molecule has 0 saturated heterocycles. The molecule has 0 fully saturated rings. The average Bonchev–Trinajstić information content (AvgIpc) is 2.42. The molecule has 2 aromatic rings. The van der Waals surface area contributed by atoms with Crippen LogP contribution in [0.2, 0.25) is 5.02 Å². The highest BCUT2D eigenvalue weighted by atomic mass is 35.5. The molecule has 2 heteroatoms. The van der Waals surface area contributed by atoms with Gasteiger partial charge in [0.2, 0.25) is 0 Å². The van der Waals surface area contributed by atoms with Crippen molar-refractivity contribution in [1.29, 1.82) is 0 Å². The SMILES string of the molecule is CC(C)=C(N=Cc1ccc(Cl)cc1)c1ccccc1. The van der Waals surface area contributed by atoms with Crippen molar-refractivity contribution >= 4 is 23.5 Å². The van der Waals surface area contributed by atoms with E-state index in [2.05, 4.69) is 31.0 Å². The minimum atomic E-state index is 0.739. The van der Waals surface area contributed by atoms with E-state index in [1.54, 1.807) is 0 Å². The lowest BCUT2D eigenvalue weighted by atomic mass is 10.1. The lowest BCUT2D eigenvalue weighted by molar-refractivity contribution is 1.34. The zero-order valence-corrected chi connectivity index (χ0v) is 11.9. The summed E-state index contributed by atoms with van der Waals surface area (Å²) in [5, 5.41) is 0.739. The van der Waals surface area contributed by atoms with Crippen molar-refractivity contribution in [3.63, 3.8) is 0 Å². The molecule has 0 aliphatic carbocycles. The molecule has 0 radical (unpaired) electrons. The summed E-state index contributed by atoms with van der Waals surface area (Å²) in [7, 11) is 0. The Morgan fingerprint density at radius 2 is 1.58 bits per heavy atom. The lowest BCUT2D eigenvalue weighted by Gasteiger charge is -2.04. The van der Waals surface area contributed by atoms with Crippen LogP contribution in [0.4, 0.5) is 0 Å². The van der Waals surface area contributed by atoms with Gasteiger partial charge in [-0.2, -0.15) is 0 Å². The van der Waals surface area contributed by atoms with Gasteiger partial charge in [0, 0.05) is 16.8 Å². The first-order valence-corrected chi connectivity index (χ1v) is 6.57. The summed E-state index contributed by atoms with van der Waals surface area (Å²) in [6.45, 7) is 4.14. The number of aliphatic imine (C=N–C) groups is 1. The molecule has 96 valence electrons. The fourth-order valence-corrected chi connectivity index (χ4v) is 1.90. The molecule has 1 nitrogen and oxygen atoms in total. The minimum absolute atomic E-state index is 0.739. The van der Waals surface area contributed by atoms with Crippen LogP contribution in [0.15, 0.2) is 65.2 Å². The van der Waals surface area contributed by atoms with Crippen LogP contribution in [0.5, 0.6) is 0 Å². The summed E-state index contributed by atoms with van der Waals surface area (Å²) < 4.78 is 0. The maximum Gasteiger partial charge on any atom is 0.0688 e. The quantitative estimate of drug-likeness (QED) is 0.678. The molecular weight excluding hydrogens is 254 g/mol. The molecule has 2 rings (SSSR count). The van der Waals surface area contributed by atoms with Crippen LogP contribution in [0.3, 0.4) is 0 Å². The maximum absolute atomic E-state index is 5.87. The molecule has 0 aromatic heterocycles. The Morgan fingerprint density at radius 1 is 0.947 bits per heavy atom. The fourth-order valence-electron chi connectivity index (χ4n) is 1.78. The van der Waals surface area contributed by atoms with E-state index in [0.717, 1.165) is 21.8 Å². The first-order valence-electron chi connectivity index (χ1n) is 6.19. The van der Waals surface area contributed by atoms with E-state index in [1.807, 2.05) is 48.7 Å². The Morgan fingerprint density at radius 3 is 2.16 bits per heavy atom. The lowest BCUT2D eigenvalue weighted by Crippen LogP contribution is -1.86. The van der Waals surface area contributed by atoms with Gasteiger partial charge in [-0.1, -0.05) is 59.6 Å². The zero-order valence-electron chi connectivity index (χ0n) is 11.1. The van der Waals surface area contributed by atoms with Crippen LogP contribution in [0.1, 0.15) is 25.0 Å². The largest absolute Gasteiger partial charge is 0.256 e. The van der Waals surface area contributed by atoms with Gasteiger partial charge < -0.3 is 0 Å². The Bertz CT molecular complexity index is 591. The Hall–Kier alpha value is -1.86. The van der Waals surface area contributed by atoms with Gasteiger partial charge >= 0.3 is 0 Å². The smallest absolute Gasteiger partial charge is 0.0688 e. The standard InChI is InChI=1S/C17H16ClN/c1-13(2)17(15-6-4-3-5-7-15)19-12-14-8-10-16(18)11-9-14/h3-12H,1-2H3. The van der Waals surface area contributed by atoms with Gasteiger partial charge in [-0.05, 0) is 31.5 Å². The number of hydrogen-bond acceptors (Lipinski definition) is 1. The molecule has 0 aliphatic rings. The summed E-state index contributed by atoms with van der Waals surface area (Å²) in [4.78, 5) is 4.60. The molecule has 0 atom stereocenters. The number of benzene rings is 2. The first-order chi connectivity index (χ1) is 9.16. The second-order valence-electron chi connectivity index (χ2n) is 4.52. The van der Waals surface area contributed by atoms with Gasteiger partial charge in [-0.25, -0.2) is 0 Å². The maximum atomic E-state index is 5.87. The van der Waals surface area contributed by atoms with E-state index in [1.165, 1.54) is 5.57 Å². The summed E-state index contributed by atoms with van der Waals surface area (Å²) in [5.41, 5.74) is 4.37. The van der Waals surface area contributed by atoms with Gasteiger partial charge in [-0.3, -0.25) is 4.99 Å². The molecule has 0 bridgehead atoms. The first kappa shape index (κ1) is 13.6. The molecule has 0 spiro atoms. The molecule has 0 aliphatic heterocycles. The van der Waals surface area contributed by atoms with Crippen molar-refractivity contribution in [2.24, 2.45) is 4.99 Å². The van der Waals surface area contributed by atoms with E-state index in [4.69, 9.17) is 11.6 Å². The predicted octanol–water partition coefficient (Wildman–Crippen LogP) is 5.21. The van der Waals surface area contributed by atoms with E-state index in [0.29, 0.717) is 0 Å². The zero-order chi connectivity index (χ0) is 13.7. The third-order valence-electron chi connectivity index (χ3n) is 2.73. The van der Waals surface area contributed by atoms with Crippen molar-refractivity contribution in [3.05, 3.63) is 76.3 Å². The van der Waals surface area contributed by atoms with Crippen LogP contribution in [-0.2, 0) is 0 Å². The molecule has 19 heavy (non-hydrogen) atoms. The minimum Gasteiger partial charge on any atom is -0.256 e. The second-order valence-corrected chi connectivity index (χ2v) is 4.96. The highest BCUT2D eigenvalue weighted by Crippen LogP contribution is 2.19. The Kier molecular flexibility index (Phi) is 4.53. The van der Waals surface area contributed by atoms with E-state index < -0.39 is 0 Å². The number of halogens is 1. The van der Waals surface area contributed by atoms with Gasteiger partial charge in [-0.15, -0.1) is 0 Å².